The number of nitrogens with zero attached hydrogens (tertiary/aromatic N) is 1. The number of rotatable bonds is 5. The highest BCUT2D eigenvalue weighted by atomic mass is 16.6. The summed E-state index contributed by atoms with van der Waals surface area (Å²) in [4.78, 5) is 33.2. The first-order valence-electron chi connectivity index (χ1n) is 5.53. The zero-order chi connectivity index (χ0) is 15.3. The number of nitro benzene ring substituents is 1. The molecule has 0 aliphatic carbocycles. The van der Waals surface area contributed by atoms with Crippen LogP contribution in [0.1, 0.15) is 6.92 Å². The molecule has 1 unspecified atom stereocenters. The van der Waals surface area contributed by atoms with Crippen molar-refractivity contribution < 1.29 is 28.7 Å². The zero-order valence-corrected chi connectivity index (χ0v) is 11.1. The lowest BCUT2D eigenvalue weighted by Crippen LogP contribution is -2.26. The minimum absolute atomic E-state index is 0.0500. The van der Waals surface area contributed by atoms with Crippen molar-refractivity contribution >= 4 is 17.6 Å². The van der Waals surface area contributed by atoms with Gasteiger partial charge in [-0.25, -0.2) is 0 Å². The maximum atomic E-state index is 11.7. The maximum Gasteiger partial charge on any atom is 0.353 e. The number of ether oxygens (including phenoxy) is 3. The molecule has 0 saturated heterocycles. The second-order valence-electron chi connectivity index (χ2n) is 3.73. The fourth-order valence-corrected chi connectivity index (χ4v) is 1.40. The molecule has 0 radical (unpaired) electrons. The first-order valence-corrected chi connectivity index (χ1v) is 5.53. The molecule has 1 aromatic carbocycles. The average Bonchev–Trinajstić information content (AvgIpc) is 2.44. The highest BCUT2D eigenvalue weighted by Gasteiger charge is 2.29. The molecule has 0 heterocycles. The molecular formula is C12H13NO7. The van der Waals surface area contributed by atoms with E-state index in [2.05, 4.69) is 4.74 Å². The quantitative estimate of drug-likeness (QED) is 0.264. The topological polar surface area (TPSA) is 105 Å². The third kappa shape index (κ3) is 3.22. The summed E-state index contributed by atoms with van der Waals surface area (Å²) in [6, 6.07) is 4.03. The monoisotopic (exact) mass is 283 g/mol. The van der Waals surface area contributed by atoms with Crippen LogP contribution in [0.25, 0.3) is 0 Å². The molecule has 0 spiro atoms. The third-order valence-electron chi connectivity index (χ3n) is 2.48. The van der Waals surface area contributed by atoms with Gasteiger partial charge in [0.15, 0.2) is 5.92 Å². The van der Waals surface area contributed by atoms with E-state index in [0.717, 1.165) is 7.11 Å². The van der Waals surface area contributed by atoms with Crippen LogP contribution in [-0.2, 0) is 14.3 Å². The van der Waals surface area contributed by atoms with Gasteiger partial charge in [0, 0.05) is 0 Å². The number of methoxy groups -OCH3 is 2. The number of nitro groups is 1. The van der Waals surface area contributed by atoms with Crippen molar-refractivity contribution in [1.29, 1.82) is 0 Å². The normalized spacial score (nSPS) is 11.3. The van der Waals surface area contributed by atoms with Crippen LogP contribution in [0.15, 0.2) is 18.2 Å². The van der Waals surface area contributed by atoms with E-state index < -0.39 is 28.5 Å². The van der Waals surface area contributed by atoms with E-state index >= 15 is 0 Å². The number of carbonyl (C=O) groups is 2. The van der Waals surface area contributed by atoms with Crippen LogP contribution in [-0.4, -0.2) is 31.1 Å². The number of esters is 2. The fraction of sp³-hybridized carbons (Fsp3) is 0.333. The summed E-state index contributed by atoms with van der Waals surface area (Å²) in [5.74, 6) is -3.28. The predicted octanol–water partition coefficient (Wildman–Crippen LogP) is 1.32. The summed E-state index contributed by atoms with van der Waals surface area (Å²) in [6.45, 7) is 1.28. The van der Waals surface area contributed by atoms with Crippen LogP contribution in [0.3, 0.4) is 0 Å². The Bertz CT molecular complexity index is 541. The molecule has 0 aliphatic heterocycles. The molecule has 1 atom stereocenters. The van der Waals surface area contributed by atoms with Crippen molar-refractivity contribution in [2.45, 2.75) is 6.92 Å². The van der Waals surface area contributed by atoms with E-state index in [1.54, 1.807) is 0 Å². The minimum Gasteiger partial charge on any atom is -0.490 e. The second kappa shape index (κ2) is 6.50. The van der Waals surface area contributed by atoms with Crippen molar-refractivity contribution in [2.75, 3.05) is 14.2 Å². The summed E-state index contributed by atoms with van der Waals surface area (Å²) in [5.41, 5.74) is -0.486. The average molecular weight is 283 g/mol. The molecule has 0 bridgehead atoms. The minimum atomic E-state index is -1.19. The molecule has 0 fully saturated rings. The van der Waals surface area contributed by atoms with E-state index in [0.29, 0.717) is 0 Å². The lowest BCUT2D eigenvalue weighted by atomic mass is 10.2. The summed E-state index contributed by atoms with van der Waals surface area (Å²) < 4.78 is 14.1. The van der Waals surface area contributed by atoms with Crippen LogP contribution in [0.2, 0.25) is 0 Å². The van der Waals surface area contributed by atoms with Crippen LogP contribution < -0.4 is 9.47 Å². The molecule has 0 N–H and O–H groups in total. The van der Waals surface area contributed by atoms with E-state index in [-0.39, 0.29) is 11.5 Å². The van der Waals surface area contributed by atoms with Crippen molar-refractivity contribution in [2.24, 2.45) is 5.92 Å². The Kier molecular flexibility index (Phi) is 5.01. The van der Waals surface area contributed by atoms with Gasteiger partial charge in [0.2, 0.25) is 11.5 Å². The highest BCUT2D eigenvalue weighted by molar-refractivity contribution is 5.95. The summed E-state index contributed by atoms with van der Waals surface area (Å²) >= 11 is 0. The molecule has 0 aromatic heterocycles. The first kappa shape index (κ1) is 15.4. The predicted molar refractivity (Wildman–Crippen MR) is 66.5 cm³/mol. The Morgan fingerprint density at radius 2 is 1.80 bits per heavy atom. The second-order valence-corrected chi connectivity index (χ2v) is 3.73. The third-order valence-corrected chi connectivity index (χ3v) is 2.48. The molecule has 0 saturated carbocycles. The Morgan fingerprint density at radius 1 is 1.20 bits per heavy atom. The number of hydrogen-bond acceptors (Lipinski definition) is 7. The summed E-state index contributed by atoms with van der Waals surface area (Å²) in [7, 11) is 2.38. The number of benzene rings is 1. The largest absolute Gasteiger partial charge is 0.490 e. The standard InChI is InChI=1S/C12H13NO7/c1-7(11(14)19-3)12(15)20-9-6-4-5-8(18-2)10(9)13(16)17/h4-7H,1-3H3. The Labute approximate surface area is 114 Å². The van der Waals surface area contributed by atoms with Gasteiger partial charge in [0.1, 0.15) is 0 Å². The van der Waals surface area contributed by atoms with E-state index in [1.807, 2.05) is 0 Å². The molecule has 8 nitrogen and oxygen atoms in total. The van der Waals surface area contributed by atoms with Gasteiger partial charge in [-0.3, -0.25) is 19.7 Å². The number of hydrogen-bond donors (Lipinski definition) is 0. The van der Waals surface area contributed by atoms with E-state index in [9.17, 15) is 19.7 Å². The molecular weight excluding hydrogens is 270 g/mol. The molecule has 8 heteroatoms. The Morgan fingerprint density at radius 3 is 2.30 bits per heavy atom. The van der Waals surface area contributed by atoms with Crippen LogP contribution in [0.5, 0.6) is 11.5 Å². The molecule has 108 valence electrons. The van der Waals surface area contributed by atoms with Crippen LogP contribution in [0, 0.1) is 16.0 Å². The number of para-hydroxylation sites is 1. The molecule has 1 aromatic rings. The maximum absolute atomic E-state index is 11.7. The smallest absolute Gasteiger partial charge is 0.353 e. The van der Waals surface area contributed by atoms with Crippen molar-refractivity contribution in [1.82, 2.24) is 0 Å². The van der Waals surface area contributed by atoms with Gasteiger partial charge in [-0.1, -0.05) is 6.07 Å². The van der Waals surface area contributed by atoms with Gasteiger partial charge >= 0.3 is 17.6 Å². The van der Waals surface area contributed by atoms with Gasteiger partial charge in [-0.15, -0.1) is 0 Å². The van der Waals surface area contributed by atoms with Crippen molar-refractivity contribution in [3.05, 3.63) is 28.3 Å². The molecule has 0 aliphatic rings. The van der Waals surface area contributed by atoms with Gasteiger partial charge < -0.3 is 14.2 Å². The molecule has 1 rings (SSSR count). The molecule has 0 amide bonds. The van der Waals surface area contributed by atoms with Crippen molar-refractivity contribution in [3.63, 3.8) is 0 Å². The fourth-order valence-electron chi connectivity index (χ4n) is 1.40. The lowest BCUT2D eigenvalue weighted by molar-refractivity contribution is -0.386. The Hall–Kier alpha value is -2.64. The van der Waals surface area contributed by atoms with Gasteiger partial charge in [-0.05, 0) is 19.1 Å². The first-order chi connectivity index (χ1) is 9.42. The van der Waals surface area contributed by atoms with Crippen LogP contribution in [0.4, 0.5) is 5.69 Å². The SMILES string of the molecule is COC(=O)C(C)C(=O)Oc1cccc(OC)c1[N+](=O)[O-]. The summed E-state index contributed by atoms with van der Waals surface area (Å²) in [6.07, 6.45) is 0. The lowest BCUT2D eigenvalue weighted by Gasteiger charge is -2.10. The summed E-state index contributed by atoms with van der Waals surface area (Å²) in [5, 5.41) is 11.0. The number of carbonyl (C=O) groups excluding carboxylic acids is 2. The van der Waals surface area contributed by atoms with Crippen molar-refractivity contribution in [3.8, 4) is 11.5 Å². The highest BCUT2D eigenvalue weighted by Crippen LogP contribution is 2.36. The van der Waals surface area contributed by atoms with Crippen LogP contribution >= 0.6 is 0 Å². The van der Waals surface area contributed by atoms with E-state index in [4.69, 9.17) is 9.47 Å². The Balaban J connectivity index is 3.06. The molecule has 20 heavy (non-hydrogen) atoms. The van der Waals surface area contributed by atoms with Gasteiger partial charge in [0.05, 0.1) is 19.1 Å². The zero-order valence-electron chi connectivity index (χ0n) is 11.1. The van der Waals surface area contributed by atoms with Gasteiger partial charge in [-0.2, -0.15) is 0 Å². The van der Waals surface area contributed by atoms with Gasteiger partial charge in [0.25, 0.3) is 0 Å². The van der Waals surface area contributed by atoms with E-state index in [1.165, 1.54) is 32.2 Å².